The Hall–Kier alpha value is -5.86. The smallest absolute Gasteiger partial charge is 0.115 e. The number of rotatable bonds is 1. The van der Waals surface area contributed by atoms with Crippen molar-refractivity contribution in [3.8, 4) is 0 Å². The van der Waals surface area contributed by atoms with E-state index >= 15 is 0 Å². The van der Waals surface area contributed by atoms with Crippen molar-refractivity contribution in [1.29, 1.82) is 0 Å². The maximum absolute atomic E-state index is 5.35. The number of aromatic nitrogens is 10. The number of unbranched alkanes of at least 4 members (excludes halogenated alkanes) is 1. The zero-order valence-corrected chi connectivity index (χ0v) is 98.7. The van der Waals surface area contributed by atoms with Gasteiger partial charge in [0.1, 0.15) is 12.7 Å². The standard InChI is InChI=1S/4C6H7N.3C5H6N2.7C4H11N.C4H9.C4H10.16C2H6.9CH4.V/c1-6-2-4-7-5-3-6;2*1-6-3-2-4-7-5-6;1-6-4-2-3-5-7-6;1-5-2-6-4-7-3-5;1-5-4-6-2-3-7-5;1-5-2-3-6-4-7-5;7*1-4(2,3)5;1-4(2)3;1-3-4-2;16*1-2;;;;;;;;;;/h4*2-5H,1H3;3*2-4H,1H3;7*5H2,1-3H3;1-3H3;3-4H2,1-2H3;16*1-2H3;9*1H4;/q;;;;;;;;;;;;;;-1;;;;;;;;;;;;;;;;;;;;;;;;;;;. The van der Waals surface area contributed by atoms with E-state index in [0.29, 0.717) is 0 Å². The molecule has 0 aliphatic rings. The minimum atomic E-state index is 0. The fourth-order valence-electron chi connectivity index (χ4n) is 2.87. The van der Waals surface area contributed by atoms with Crippen LogP contribution in [0.25, 0.3) is 0 Å². The van der Waals surface area contributed by atoms with Crippen LogP contribution in [0.4, 0.5) is 0 Å². The second-order valence-corrected chi connectivity index (χ2v) is 29.2. The Morgan fingerprint density at radius 3 is 0.507 bits per heavy atom. The van der Waals surface area contributed by atoms with Crippen molar-refractivity contribution in [3.63, 3.8) is 0 Å². The van der Waals surface area contributed by atoms with Gasteiger partial charge < -0.3 is 46.1 Å². The van der Waals surface area contributed by atoms with Crippen molar-refractivity contribution in [1.82, 2.24) is 49.8 Å². The van der Waals surface area contributed by atoms with E-state index in [9.17, 15) is 0 Å². The van der Waals surface area contributed by atoms with Gasteiger partial charge in [-0.3, -0.25) is 29.9 Å². The molecule has 7 heterocycles. The van der Waals surface area contributed by atoms with Crippen LogP contribution in [0.2, 0.25) is 0 Å². The van der Waals surface area contributed by atoms with Gasteiger partial charge in [0.05, 0.1) is 5.69 Å². The van der Waals surface area contributed by atoms with Gasteiger partial charge in [-0.05, 0) is 259 Å². The van der Waals surface area contributed by atoms with Crippen molar-refractivity contribution in [3.05, 3.63) is 199 Å². The van der Waals surface area contributed by atoms with Crippen LogP contribution in [0.1, 0.15) is 521 Å². The third kappa shape index (κ3) is 755. The van der Waals surface area contributed by atoms with E-state index in [4.69, 9.17) is 40.1 Å². The number of nitrogens with two attached hydrogens (primary N) is 7. The molecule has 829 valence electrons. The maximum atomic E-state index is 5.35. The molecule has 0 amide bonds. The molecule has 0 fully saturated rings. The third-order valence-electron chi connectivity index (χ3n) is 5.89. The quantitative estimate of drug-likeness (QED) is 0.0751. The SMILES string of the molecule is C.C.C.C.C.C.C.C.C.CC.CC.CC.CC.CC.CC.CC.CC.CC.CC.CC.CC.CC.CC.CC.CC.CC(C)(C)N.CC(C)(C)N.CC(C)(C)N.CC(C)(C)N.CC(C)(C)N.CC(C)(C)N.CC(C)(C)N.CCCC.C[C-](C)C.Cc1ccccn1.Cc1cccnc1.Cc1cccnc1.Cc1ccncc1.Cc1ccncn1.Cc1cnccn1.Cc1cncnc1.[V]. The van der Waals surface area contributed by atoms with Gasteiger partial charge >= 0.3 is 0 Å². The number of pyridine rings is 4. The Morgan fingerprint density at radius 1 is 0.209 bits per heavy atom. The predicted octanol–water partition coefficient (Wildman–Crippen LogP) is 38.7. The summed E-state index contributed by atoms with van der Waals surface area (Å²) < 4.78 is 0. The molecule has 0 bridgehead atoms. The van der Waals surface area contributed by atoms with Crippen LogP contribution in [0.15, 0.2) is 154 Å². The van der Waals surface area contributed by atoms with Crippen molar-refractivity contribution >= 4 is 0 Å². The molecule has 0 aliphatic heterocycles. The molecule has 7 rings (SSSR count). The molecule has 1 radical (unpaired) electrons. The Kier molecular flexibility index (Phi) is 382. The number of nitrogens with zero attached hydrogens (tertiary/aromatic N) is 10. The largest absolute Gasteiger partial charge is 0.326 e. The zero-order valence-electron chi connectivity index (χ0n) is 97.3. The molecule has 0 unspecified atom stereocenters. The molecule has 18 heteroatoms. The van der Waals surface area contributed by atoms with Crippen molar-refractivity contribution in [2.24, 2.45) is 40.1 Å². The van der Waals surface area contributed by atoms with Gasteiger partial charge in [0, 0.05) is 149 Å². The molecule has 17 nitrogen and oxygen atoms in total. The minimum absolute atomic E-state index is 0. The van der Waals surface area contributed by atoms with Gasteiger partial charge in [0.2, 0.25) is 0 Å². The number of hydrogen-bond donors (Lipinski definition) is 7. The summed E-state index contributed by atoms with van der Waals surface area (Å²) in [6.07, 6.45) is 28.6. The Labute approximate surface area is 870 Å². The third-order valence-corrected chi connectivity index (χ3v) is 5.89. The molecule has 0 spiro atoms. The van der Waals surface area contributed by atoms with E-state index in [0.717, 1.165) is 22.6 Å². The molecule has 0 aromatic carbocycles. The first-order valence-corrected chi connectivity index (χ1v) is 47.3. The van der Waals surface area contributed by atoms with E-state index in [-0.39, 0.29) is 124 Å². The first-order chi connectivity index (χ1) is 57.4. The Balaban J connectivity index is -0.0000000231. The minimum Gasteiger partial charge on any atom is -0.326 e. The molecule has 0 saturated carbocycles. The van der Waals surface area contributed by atoms with Gasteiger partial charge in [0.25, 0.3) is 0 Å². The normalized spacial score (nSPS) is 7.53. The maximum Gasteiger partial charge on any atom is 0.115 e. The average molecular weight is 1960 g/mol. The molecule has 0 saturated heterocycles. The van der Waals surface area contributed by atoms with E-state index in [2.05, 4.69) is 84.5 Å². The van der Waals surface area contributed by atoms with Crippen LogP contribution in [0.3, 0.4) is 0 Å². The molecule has 134 heavy (non-hydrogen) atoms. The van der Waals surface area contributed by atoms with Crippen LogP contribution >= 0.6 is 0 Å². The molecule has 7 aromatic heterocycles. The Morgan fingerprint density at radius 2 is 0.418 bits per heavy atom. The molecular formula is C116H274N17V-. The first-order valence-electron chi connectivity index (χ1n) is 47.3. The number of aryl methyl sites for hydroxylation is 7. The molecule has 14 N–H and O–H groups in total. The summed E-state index contributed by atoms with van der Waals surface area (Å²) in [5, 5.41) is 0. The summed E-state index contributed by atoms with van der Waals surface area (Å²) in [4.78, 5) is 38.5. The van der Waals surface area contributed by atoms with Crippen LogP contribution in [0, 0.1) is 54.4 Å². The second kappa shape index (κ2) is 214. The summed E-state index contributed by atoms with van der Waals surface area (Å²) in [7, 11) is 0. The van der Waals surface area contributed by atoms with Gasteiger partial charge in [-0.1, -0.05) is 333 Å². The van der Waals surface area contributed by atoms with E-state index in [1.807, 2.05) is 488 Å². The van der Waals surface area contributed by atoms with E-state index < -0.39 is 0 Å². The van der Waals surface area contributed by atoms with Crippen LogP contribution in [0.5, 0.6) is 0 Å². The van der Waals surface area contributed by atoms with Gasteiger partial charge in [-0.25, -0.2) is 19.9 Å². The van der Waals surface area contributed by atoms with E-state index in [1.54, 1.807) is 68.2 Å². The average Bonchev–Trinajstić information content (AvgIpc) is 1.03. The number of hydrogen-bond acceptors (Lipinski definition) is 17. The van der Waals surface area contributed by atoms with E-state index in [1.165, 1.54) is 48.1 Å². The Bertz CT molecular complexity index is 1950. The zero-order chi connectivity index (χ0) is 106. The molecule has 0 aliphatic carbocycles. The van der Waals surface area contributed by atoms with Crippen LogP contribution < -0.4 is 40.1 Å². The van der Waals surface area contributed by atoms with Gasteiger partial charge in [-0.15, -0.1) is 0 Å². The fourth-order valence-corrected chi connectivity index (χ4v) is 2.87. The van der Waals surface area contributed by atoms with Crippen molar-refractivity contribution in [2.75, 3.05) is 0 Å². The summed E-state index contributed by atoms with van der Waals surface area (Å²) >= 11 is 0. The first kappa shape index (κ1) is 239. The van der Waals surface area contributed by atoms with Crippen molar-refractivity contribution in [2.45, 2.75) is 568 Å². The predicted molar refractivity (Wildman–Crippen MR) is 647 cm³/mol. The molecule has 0 atom stereocenters. The van der Waals surface area contributed by atoms with Gasteiger partial charge in [0.15, 0.2) is 0 Å². The fraction of sp³-hybridized carbons (Fsp3) is 0.716. The topological polar surface area (TPSA) is 311 Å². The molecular weight excluding hydrogens is 1680 g/mol. The van der Waals surface area contributed by atoms with Gasteiger partial charge in [-0.2, -0.15) is 20.8 Å². The van der Waals surface area contributed by atoms with Crippen molar-refractivity contribution < 1.29 is 18.6 Å². The summed E-state index contributed by atoms with van der Waals surface area (Å²) in [5.41, 5.74) is 45.3. The van der Waals surface area contributed by atoms with Crippen LogP contribution in [-0.4, -0.2) is 88.6 Å². The summed E-state index contributed by atoms with van der Waals surface area (Å²) in [5.74, 6) is 1.42. The summed E-state index contributed by atoms with van der Waals surface area (Å²) in [6, 6.07) is 19.6. The second-order valence-electron chi connectivity index (χ2n) is 29.2. The molecule has 7 aromatic rings. The summed E-state index contributed by atoms with van der Waals surface area (Å²) in [6.45, 7) is 130. The van der Waals surface area contributed by atoms with Crippen LogP contribution in [-0.2, 0) is 18.6 Å². The monoisotopic (exact) mass is 1960 g/mol.